The molecule has 8 nitrogen and oxygen atoms in total. The zero-order valence-corrected chi connectivity index (χ0v) is 19.8. The summed E-state index contributed by atoms with van der Waals surface area (Å²) in [6, 6.07) is 14.6. The van der Waals surface area contributed by atoms with Gasteiger partial charge in [-0.1, -0.05) is 11.6 Å². The normalized spacial score (nSPS) is 13.4. The number of ketones is 1. The fraction of sp³-hybridized carbons (Fsp3) is 0.154. The first-order chi connectivity index (χ1) is 17.4. The van der Waals surface area contributed by atoms with Crippen molar-refractivity contribution in [2.45, 2.75) is 0 Å². The molecule has 0 spiro atoms. The van der Waals surface area contributed by atoms with Crippen molar-refractivity contribution >= 4 is 51.6 Å². The Balaban J connectivity index is 1.36. The third-order valence-electron chi connectivity index (χ3n) is 5.65. The molecule has 36 heavy (non-hydrogen) atoms. The Labute approximate surface area is 211 Å². The predicted octanol–water partition coefficient (Wildman–Crippen LogP) is 5.13. The summed E-state index contributed by atoms with van der Waals surface area (Å²) in [6.45, 7) is 2.66. The number of halogens is 2. The molecule has 5 rings (SSSR count). The lowest BCUT2D eigenvalue weighted by Crippen LogP contribution is -2.36. The fourth-order valence-corrected chi connectivity index (χ4v) is 4.00. The average Bonchev–Trinajstić information content (AvgIpc) is 2.89. The summed E-state index contributed by atoms with van der Waals surface area (Å²) in [5.41, 5.74) is 2.27. The molecule has 1 saturated heterocycles. The highest BCUT2D eigenvalue weighted by Crippen LogP contribution is 2.22. The first-order valence-corrected chi connectivity index (χ1v) is 11.6. The summed E-state index contributed by atoms with van der Waals surface area (Å²) in [4.78, 5) is 36.7. The summed E-state index contributed by atoms with van der Waals surface area (Å²) >= 11 is 5.85. The van der Waals surface area contributed by atoms with Gasteiger partial charge in [0.1, 0.15) is 11.6 Å². The van der Waals surface area contributed by atoms with Gasteiger partial charge in [0.25, 0.3) is 0 Å². The highest BCUT2D eigenvalue weighted by atomic mass is 35.5. The van der Waals surface area contributed by atoms with E-state index in [0.29, 0.717) is 59.4 Å². The minimum atomic E-state index is -0.655. The van der Waals surface area contributed by atoms with Gasteiger partial charge < -0.3 is 20.3 Å². The van der Waals surface area contributed by atoms with Crippen LogP contribution in [0.5, 0.6) is 0 Å². The molecule has 0 atom stereocenters. The second-order valence-corrected chi connectivity index (χ2v) is 8.61. The molecule has 3 aromatic carbocycles. The second kappa shape index (κ2) is 10.3. The lowest BCUT2D eigenvalue weighted by molar-refractivity contribution is 0.103. The number of carbonyl (C=O) groups is 2. The van der Waals surface area contributed by atoms with E-state index in [1.807, 2.05) is 0 Å². The van der Waals surface area contributed by atoms with Crippen molar-refractivity contribution in [1.82, 2.24) is 9.97 Å². The number of anilines is 3. The van der Waals surface area contributed by atoms with Gasteiger partial charge in [0.05, 0.1) is 30.4 Å². The Hall–Kier alpha value is -4.08. The number of hydrogen-bond donors (Lipinski definition) is 2. The van der Waals surface area contributed by atoms with Crippen molar-refractivity contribution in [3.63, 3.8) is 0 Å². The summed E-state index contributed by atoms with van der Waals surface area (Å²) in [5.74, 6) is -0.353. The van der Waals surface area contributed by atoms with Gasteiger partial charge in [-0.15, -0.1) is 0 Å². The molecule has 2 amide bonds. The maximum atomic E-state index is 14.4. The molecule has 182 valence electrons. The van der Waals surface area contributed by atoms with Crippen LogP contribution in [0.15, 0.2) is 66.9 Å². The first-order valence-electron chi connectivity index (χ1n) is 11.2. The number of rotatable bonds is 5. The van der Waals surface area contributed by atoms with Crippen LogP contribution in [0, 0.1) is 5.82 Å². The first kappa shape index (κ1) is 23.7. The summed E-state index contributed by atoms with van der Waals surface area (Å²) < 4.78 is 19.7. The minimum absolute atomic E-state index is 0.0911. The molecule has 0 unspecified atom stereocenters. The van der Waals surface area contributed by atoms with E-state index in [1.54, 1.807) is 48.7 Å². The van der Waals surface area contributed by atoms with Crippen LogP contribution in [0.25, 0.3) is 11.0 Å². The number of fused-ring (bicyclic) bond motifs is 1. The number of morpholine rings is 1. The Morgan fingerprint density at radius 1 is 0.889 bits per heavy atom. The largest absolute Gasteiger partial charge is 0.378 e. The maximum Gasteiger partial charge on any atom is 0.323 e. The van der Waals surface area contributed by atoms with Gasteiger partial charge >= 0.3 is 6.03 Å². The van der Waals surface area contributed by atoms with E-state index in [-0.39, 0.29) is 11.3 Å². The van der Waals surface area contributed by atoms with E-state index in [2.05, 4.69) is 25.5 Å². The standard InChI is InChI=1S/C26H21ClFN5O3/c27-18-2-4-20(5-3-18)30-26(35)31-21-12-17(11-19(28)14-21)25(34)16-1-6-22-23(13-16)32-24(15-29-22)33-7-9-36-10-8-33/h1-6,11-15H,7-10H2,(H2,30,31,35). The molecule has 2 N–H and O–H groups in total. The summed E-state index contributed by atoms with van der Waals surface area (Å²) in [7, 11) is 0. The topological polar surface area (TPSA) is 96.5 Å². The highest BCUT2D eigenvalue weighted by molar-refractivity contribution is 6.30. The Morgan fingerprint density at radius 2 is 1.64 bits per heavy atom. The number of ether oxygens (including phenoxy) is 1. The monoisotopic (exact) mass is 505 g/mol. The Kier molecular flexibility index (Phi) is 6.75. The molecule has 0 bridgehead atoms. The van der Waals surface area contributed by atoms with Crippen molar-refractivity contribution in [2.24, 2.45) is 0 Å². The zero-order valence-electron chi connectivity index (χ0n) is 19.0. The number of urea groups is 1. The van der Waals surface area contributed by atoms with Crippen LogP contribution in [0.3, 0.4) is 0 Å². The molecule has 0 radical (unpaired) electrons. The quantitative estimate of drug-likeness (QED) is 0.365. The van der Waals surface area contributed by atoms with Crippen molar-refractivity contribution < 1.29 is 18.7 Å². The molecule has 4 aromatic rings. The van der Waals surface area contributed by atoms with Gasteiger partial charge in [-0.2, -0.15) is 0 Å². The number of nitrogens with one attached hydrogen (secondary N) is 2. The third-order valence-corrected chi connectivity index (χ3v) is 5.90. The number of carbonyl (C=O) groups excluding carboxylic acids is 2. The maximum absolute atomic E-state index is 14.4. The molecule has 0 saturated carbocycles. The number of benzene rings is 3. The van der Waals surface area contributed by atoms with Crippen LogP contribution in [0.1, 0.15) is 15.9 Å². The Bertz CT molecular complexity index is 1440. The van der Waals surface area contributed by atoms with Crippen molar-refractivity contribution in [1.29, 1.82) is 0 Å². The van der Waals surface area contributed by atoms with Crippen LogP contribution in [-0.4, -0.2) is 48.1 Å². The minimum Gasteiger partial charge on any atom is -0.378 e. The van der Waals surface area contributed by atoms with E-state index in [9.17, 15) is 14.0 Å². The van der Waals surface area contributed by atoms with Gasteiger partial charge in [-0.3, -0.25) is 9.78 Å². The Morgan fingerprint density at radius 3 is 2.42 bits per heavy atom. The summed E-state index contributed by atoms with van der Waals surface area (Å²) in [5, 5.41) is 5.71. The molecule has 10 heteroatoms. The number of aromatic nitrogens is 2. The van der Waals surface area contributed by atoms with Gasteiger partial charge in [0.15, 0.2) is 5.78 Å². The zero-order chi connectivity index (χ0) is 25.1. The fourth-order valence-electron chi connectivity index (χ4n) is 3.87. The SMILES string of the molecule is O=C(Nc1ccc(Cl)cc1)Nc1cc(F)cc(C(=O)c2ccc3ncc(N4CCOCC4)nc3c2)c1. The second-order valence-electron chi connectivity index (χ2n) is 8.17. The van der Waals surface area contributed by atoms with E-state index in [1.165, 1.54) is 6.07 Å². The molecular weight excluding hydrogens is 485 g/mol. The van der Waals surface area contributed by atoms with Crippen LogP contribution in [-0.2, 0) is 4.74 Å². The molecule has 0 aliphatic carbocycles. The smallest absolute Gasteiger partial charge is 0.323 e. The summed E-state index contributed by atoms with van der Waals surface area (Å²) in [6.07, 6.45) is 1.70. The molecule has 1 aliphatic heterocycles. The van der Waals surface area contributed by atoms with Crippen LogP contribution in [0.4, 0.5) is 26.4 Å². The van der Waals surface area contributed by atoms with E-state index in [4.69, 9.17) is 16.3 Å². The lowest BCUT2D eigenvalue weighted by atomic mass is 10.0. The van der Waals surface area contributed by atoms with Crippen molar-refractivity contribution in [2.75, 3.05) is 41.8 Å². The van der Waals surface area contributed by atoms with Gasteiger partial charge in [-0.25, -0.2) is 14.2 Å². The number of hydrogen-bond acceptors (Lipinski definition) is 6. The molecule has 1 aromatic heterocycles. The molecule has 2 heterocycles. The predicted molar refractivity (Wildman–Crippen MR) is 136 cm³/mol. The number of amides is 2. The lowest BCUT2D eigenvalue weighted by Gasteiger charge is -2.27. The van der Waals surface area contributed by atoms with Crippen LogP contribution in [0.2, 0.25) is 5.02 Å². The average molecular weight is 506 g/mol. The van der Waals surface area contributed by atoms with Crippen molar-refractivity contribution in [3.05, 3.63) is 88.8 Å². The number of nitrogens with zero attached hydrogens (tertiary/aromatic N) is 3. The molecule has 1 fully saturated rings. The third kappa shape index (κ3) is 5.42. The van der Waals surface area contributed by atoms with E-state index >= 15 is 0 Å². The van der Waals surface area contributed by atoms with Gasteiger partial charge in [0, 0.05) is 40.6 Å². The van der Waals surface area contributed by atoms with Gasteiger partial charge in [0.2, 0.25) is 0 Å². The van der Waals surface area contributed by atoms with Gasteiger partial charge in [-0.05, 0) is 60.7 Å². The van der Waals surface area contributed by atoms with E-state index in [0.717, 1.165) is 12.1 Å². The van der Waals surface area contributed by atoms with Crippen molar-refractivity contribution in [3.8, 4) is 0 Å². The molecular formula is C26H21ClFN5O3. The highest BCUT2D eigenvalue weighted by Gasteiger charge is 2.16. The van der Waals surface area contributed by atoms with Crippen LogP contribution >= 0.6 is 11.6 Å². The van der Waals surface area contributed by atoms with Crippen LogP contribution < -0.4 is 15.5 Å². The molecule has 1 aliphatic rings. The van der Waals surface area contributed by atoms with E-state index < -0.39 is 17.6 Å².